The van der Waals surface area contributed by atoms with Gasteiger partial charge in [-0.05, 0) is 70.6 Å². The molecule has 0 spiro atoms. The zero-order valence-electron chi connectivity index (χ0n) is 18.4. The van der Waals surface area contributed by atoms with Crippen LogP contribution in [0.2, 0.25) is 5.02 Å². The van der Waals surface area contributed by atoms with Crippen molar-refractivity contribution in [3.8, 4) is 11.5 Å². The van der Waals surface area contributed by atoms with Gasteiger partial charge in [-0.1, -0.05) is 23.7 Å². The van der Waals surface area contributed by atoms with E-state index in [0.29, 0.717) is 44.9 Å². The molecule has 33 heavy (non-hydrogen) atoms. The molecule has 4 rings (SSSR count). The second-order valence-electron chi connectivity index (χ2n) is 8.23. The van der Waals surface area contributed by atoms with Gasteiger partial charge >= 0.3 is 5.97 Å². The molecule has 1 unspecified atom stereocenters. The Morgan fingerprint density at radius 1 is 1.15 bits per heavy atom. The molecule has 1 N–H and O–H groups in total. The largest absolute Gasteiger partial charge is 0.503 e. The average molecular weight is 533 g/mol. The maximum atomic E-state index is 13.5. The highest BCUT2D eigenvalue weighted by molar-refractivity contribution is 9.10. The van der Waals surface area contributed by atoms with Crippen LogP contribution < -0.4 is 4.74 Å². The predicted molar refractivity (Wildman–Crippen MR) is 129 cm³/mol. The average Bonchev–Trinajstić information content (AvgIpc) is 2.79. The summed E-state index contributed by atoms with van der Waals surface area (Å²) in [4.78, 5) is 31.1. The normalized spacial score (nSPS) is 22.5. The van der Waals surface area contributed by atoms with E-state index in [-0.39, 0.29) is 23.2 Å². The Kier molecular flexibility index (Phi) is 6.64. The Labute approximate surface area is 205 Å². The SMILES string of the molecule is COC(=O)C1C(C)=NC2=C(C(=O)C[C@H](c3ccc(Cl)cc3)C2)[C@H]1c1cc(Br)c(O)c(OC)c1. The smallest absolute Gasteiger partial charge is 0.315 e. The topological polar surface area (TPSA) is 85.2 Å². The summed E-state index contributed by atoms with van der Waals surface area (Å²) in [5, 5.41) is 10.9. The summed E-state index contributed by atoms with van der Waals surface area (Å²) in [6.07, 6.45) is 0.872. The first-order chi connectivity index (χ1) is 15.7. The first-order valence-electron chi connectivity index (χ1n) is 10.5. The third-order valence-corrected chi connectivity index (χ3v) is 7.17. The van der Waals surface area contributed by atoms with Crippen LogP contribution in [-0.2, 0) is 14.3 Å². The van der Waals surface area contributed by atoms with Crippen molar-refractivity contribution in [1.29, 1.82) is 0 Å². The second-order valence-corrected chi connectivity index (χ2v) is 9.52. The fourth-order valence-corrected chi connectivity index (χ4v) is 5.34. The minimum absolute atomic E-state index is 0.0264. The number of allylic oxidation sites excluding steroid dienone is 2. The minimum Gasteiger partial charge on any atom is -0.503 e. The molecule has 172 valence electrons. The van der Waals surface area contributed by atoms with Gasteiger partial charge in [0.25, 0.3) is 0 Å². The molecule has 0 bridgehead atoms. The van der Waals surface area contributed by atoms with Crippen molar-refractivity contribution < 1.29 is 24.2 Å². The third kappa shape index (κ3) is 4.32. The number of aromatic hydroxyl groups is 1. The van der Waals surface area contributed by atoms with Crippen molar-refractivity contribution in [1.82, 2.24) is 0 Å². The molecular weight excluding hydrogens is 510 g/mol. The molecule has 0 amide bonds. The van der Waals surface area contributed by atoms with Crippen molar-refractivity contribution in [2.75, 3.05) is 14.2 Å². The lowest BCUT2D eigenvalue weighted by Gasteiger charge is -2.36. The van der Waals surface area contributed by atoms with Crippen LogP contribution in [0, 0.1) is 5.92 Å². The van der Waals surface area contributed by atoms with E-state index in [1.807, 2.05) is 24.3 Å². The lowest BCUT2D eigenvalue weighted by atomic mass is 9.69. The molecule has 6 nitrogen and oxygen atoms in total. The molecule has 0 fully saturated rings. The van der Waals surface area contributed by atoms with Gasteiger partial charge in [0.15, 0.2) is 17.3 Å². The van der Waals surface area contributed by atoms with Crippen molar-refractivity contribution in [2.24, 2.45) is 10.9 Å². The second kappa shape index (κ2) is 9.31. The molecular formula is C25H23BrClNO5. The quantitative estimate of drug-likeness (QED) is 0.521. The summed E-state index contributed by atoms with van der Waals surface area (Å²) < 4.78 is 10.8. The van der Waals surface area contributed by atoms with Crippen molar-refractivity contribution in [3.63, 3.8) is 0 Å². The Morgan fingerprint density at radius 2 is 1.85 bits per heavy atom. The molecule has 3 atom stereocenters. The molecule has 0 aromatic heterocycles. The van der Waals surface area contributed by atoms with E-state index in [4.69, 9.17) is 26.1 Å². The Balaban J connectivity index is 1.85. The van der Waals surface area contributed by atoms with Gasteiger partial charge in [-0.25, -0.2) is 0 Å². The lowest BCUT2D eigenvalue weighted by Crippen LogP contribution is -2.37. The van der Waals surface area contributed by atoms with Gasteiger partial charge in [-0.2, -0.15) is 0 Å². The number of Topliss-reactive ketones (excluding diaryl/α,β-unsaturated/α-hetero) is 1. The summed E-state index contributed by atoms with van der Waals surface area (Å²) in [7, 11) is 2.77. The molecule has 8 heteroatoms. The highest BCUT2D eigenvalue weighted by Gasteiger charge is 2.45. The van der Waals surface area contributed by atoms with Gasteiger partial charge in [0.05, 0.1) is 18.7 Å². The maximum absolute atomic E-state index is 13.5. The van der Waals surface area contributed by atoms with Gasteiger partial charge in [-0.3, -0.25) is 14.6 Å². The van der Waals surface area contributed by atoms with Crippen LogP contribution in [0.4, 0.5) is 0 Å². The molecule has 2 aromatic rings. The number of hydrogen-bond acceptors (Lipinski definition) is 6. The Morgan fingerprint density at radius 3 is 2.48 bits per heavy atom. The van der Waals surface area contributed by atoms with Crippen molar-refractivity contribution in [2.45, 2.75) is 31.6 Å². The lowest BCUT2D eigenvalue weighted by molar-refractivity contribution is -0.143. The van der Waals surface area contributed by atoms with Crippen LogP contribution in [0.5, 0.6) is 11.5 Å². The van der Waals surface area contributed by atoms with Crippen molar-refractivity contribution >= 4 is 45.0 Å². The number of nitrogens with zero attached hydrogens (tertiary/aromatic N) is 1. The van der Waals surface area contributed by atoms with Crippen LogP contribution in [0.15, 0.2) is 57.1 Å². The van der Waals surface area contributed by atoms with Gasteiger partial charge < -0.3 is 14.6 Å². The van der Waals surface area contributed by atoms with Crippen molar-refractivity contribution in [3.05, 3.63) is 68.3 Å². The number of phenols is 1. The zero-order valence-corrected chi connectivity index (χ0v) is 20.7. The number of aliphatic imine (C=N–C) groups is 1. The number of carbonyl (C=O) groups excluding carboxylic acids is 2. The predicted octanol–water partition coefficient (Wildman–Crippen LogP) is 5.56. The molecule has 1 aliphatic carbocycles. The number of rotatable bonds is 4. The highest BCUT2D eigenvalue weighted by Crippen LogP contribution is 2.49. The molecule has 2 aromatic carbocycles. The van der Waals surface area contributed by atoms with E-state index < -0.39 is 17.8 Å². The van der Waals surface area contributed by atoms with Crippen LogP contribution in [0.1, 0.15) is 42.7 Å². The van der Waals surface area contributed by atoms with Crippen LogP contribution in [0.3, 0.4) is 0 Å². The van der Waals surface area contributed by atoms with Gasteiger partial charge in [0.2, 0.25) is 0 Å². The van der Waals surface area contributed by atoms with Crippen LogP contribution in [-0.4, -0.2) is 36.8 Å². The number of methoxy groups -OCH3 is 2. The van der Waals surface area contributed by atoms with E-state index in [0.717, 1.165) is 5.56 Å². The van der Waals surface area contributed by atoms with E-state index in [1.165, 1.54) is 14.2 Å². The van der Waals surface area contributed by atoms with Crippen LogP contribution in [0.25, 0.3) is 0 Å². The third-order valence-electron chi connectivity index (χ3n) is 6.31. The minimum atomic E-state index is -0.758. The molecule has 0 radical (unpaired) electrons. The molecule has 2 aliphatic rings. The maximum Gasteiger partial charge on any atom is 0.315 e. The van der Waals surface area contributed by atoms with E-state index in [9.17, 15) is 14.7 Å². The first kappa shape index (κ1) is 23.5. The monoisotopic (exact) mass is 531 g/mol. The number of phenolic OH excluding ortho intramolecular Hbond substituents is 1. The molecule has 0 saturated carbocycles. The Bertz CT molecular complexity index is 1190. The van der Waals surface area contributed by atoms with Gasteiger partial charge in [0, 0.05) is 34.3 Å². The van der Waals surface area contributed by atoms with E-state index >= 15 is 0 Å². The fraction of sp³-hybridized carbons (Fsp3) is 0.320. The summed E-state index contributed by atoms with van der Waals surface area (Å²) in [5.41, 5.74) is 3.45. The molecule has 0 saturated heterocycles. The Hall–Kier alpha value is -2.64. The van der Waals surface area contributed by atoms with Gasteiger partial charge in [-0.15, -0.1) is 0 Å². The first-order valence-corrected chi connectivity index (χ1v) is 11.6. The number of carbonyl (C=O) groups is 2. The standard InChI is InChI=1S/C25H23BrClNO5/c1-12-21(25(31)33-3)22(15-8-17(26)24(30)20(11-15)32-2)23-18(28-12)9-14(10-19(23)29)13-4-6-16(27)7-5-13/h4-8,11,14,21-22,30H,9-10H2,1-3H3/t14-,21?,22+/m1/s1. The summed E-state index contributed by atoms with van der Waals surface area (Å²) >= 11 is 9.38. The fourth-order valence-electron chi connectivity index (χ4n) is 4.75. The summed E-state index contributed by atoms with van der Waals surface area (Å²) in [6, 6.07) is 10.9. The number of ether oxygens (including phenoxy) is 2. The number of ketones is 1. The highest BCUT2D eigenvalue weighted by atomic mass is 79.9. The molecule has 1 aliphatic heterocycles. The number of esters is 1. The zero-order chi connectivity index (χ0) is 23.9. The summed E-state index contributed by atoms with van der Waals surface area (Å²) in [5.74, 6) is -1.73. The summed E-state index contributed by atoms with van der Waals surface area (Å²) in [6.45, 7) is 1.78. The van der Waals surface area contributed by atoms with E-state index in [2.05, 4.69) is 15.9 Å². The number of halogens is 2. The van der Waals surface area contributed by atoms with Crippen LogP contribution >= 0.6 is 27.5 Å². The number of benzene rings is 2. The molecule has 1 heterocycles. The van der Waals surface area contributed by atoms with E-state index in [1.54, 1.807) is 19.1 Å². The number of hydrogen-bond donors (Lipinski definition) is 1. The van der Waals surface area contributed by atoms with Gasteiger partial charge in [0.1, 0.15) is 5.92 Å².